The van der Waals surface area contributed by atoms with Crippen LogP contribution in [-0.4, -0.2) is 15.0 Å². The molecule has 124 valence electrons. The lowest BCUT2D eigenvalue weighted by molar-refractivity contribution is 0.397. The molecular formula is C18H18ClFN4. The molecule has 0 aliphatic heterocycles. The van der Waals surface area contributed by atoms with Crippen molar-refractivity contribution in [2.75, 3.05) is 0 Å². The summed E-state index contributed by atoms with van der Waals surface area (Å²) in [7, 11) is 0. The lowest BCUT2D eigenvalue weighted by atomic mass is 9.94. The summed E-state index contributed by atoms with van der Waals surface area (Å²) < 4.78 is 13.2. The second-order valence-electron chi connectivity index (χ2n) is 6.06. The van der Waals surface area contributed by atoms with Gasteiger partial charge in [-0.25, -0.2) is 4.39 Å². The van der Waals surface area contributed by atoms with Gasteiger partial charge in [-0.2, -0.15) is 15.0 Å². The fourth-order valence-corrected chi connectivity index (χ4v) is 2.87. The van der Waals surface area contributed by atoms with Gasteiger partial charge in [-0.1, -0.05) is 35.9 Å². The first-order chi connectivity index (χ1) is 11.5. The number of hydrogen-bond donors (Lipinski definition) is 1. The van der Waals surface area contributed by atoms with E-state index in [1.54, 1.807) is 17.1 Å². The number of benzene rings is 2. The van der Waals surface area contributed by atoms with E-state index >= 15 is 0 Å². The Hall–Kier alpha value is -2.24. The Bertz CT molecular complexity index is 830. The molecule has 24 heavy (non-hydrogen) atoms. The van der Waals surface area contributed by atoms with Crippen molar-refractivity contribution in [3.63, 3.8) is 0 Å². The molecule has 0 aliphatic carbocycles. The molecule has 0 saturated heterocycles. The number of halogens is 2. The molecule has 0 spiro atoms. The average Bonchev–Trinajstić information content (AvgIpc) is 3.02. The molecule has 0 unspecified atom stereocenters. The molecule has 0 radical (unpaired) electrons. The lowest BCUT2D eigenvalue weighted by Crippen LogP contribution is -2.36. The van der Waals surface area contributed by atoms with Crippen molar-refractivity contribution >= 4 is 11.6 Å². The maximum absolute atomic E-state index is 13.2. The van der Waals surface area contributed by atoms with Crippen molar-refractivity contribution < 1.29 is 4.39 Å². The van der Waals surface area contributed by atoms with E-state index in [4.69, 9.17) is 11.6 Å². The minimum absolute atomic E-state index is 0.342. The van der Waals surface area contributed by atoms with Crippen LogP contribution in [0.25, 0.3) is 5.69 Å². The standard InChI is InChI=1S/C18H18ClFN4/c1-18(2,16-9-8-13(20)10-17(16)19)21-11-14-12-22-24(23-14)15-6-4-3-5-7-15/h3-10,12,21H,11H2,1-2H3. The Labute approximate surface area is 145 Å². The molecule has 0 fully saturated rings. The fourth-order valence-electron chi connectivity index (χ4n) is 2.46. The molecule has 0 saturated carbocycles. The zero-order chi connectivity index (χ0) is 17.2. The highest BCUT2D eigenvalue weighted by Crippen LogP contribution is 2.28. The maximum atomic E-state index is 13.2. The Morgan fingerprint density at radius 3 is 2.62 bits per heavy atom. The summed E-state index contributed by atoms with van der Waals surface area (Å²) in [6.07, 6.45) is 1.72. The molecule has 2 aromatic carbocycles. The van der Waals surface area contributed by atoms with Crippen molar-refractivity contribution in [3.05, 3.63) is 76.8 Å². The van der Waals surface area contributed by atoms with Gasteiger partial charge >= 0.3 is 0 Å². The van der Waals surface area contributed by atoms with Crippen molar-refractivity contribution in [3.8, 4) is 5.69 Å². The molecule has 3 rings (SSSR count). The topological polar surface area (TPSA) is 42.7 Å². The van der Waals surface area contributed by atoms with Crippen LogP contribution in [0.2, 0.25) is 5.02 Å². The van der Waals surface area contributed by atoms with Gasteiger partial charge in [0.1, 0.15) is 5.82 Å². The van der Waals surface area contributed by atoms with Crippen LogP contribution in [0, 0.1) is 5.82 Å². The molecule has 0 amide bonds. The normalized spacial score (nSPS) is 11.7. The molecule has 3 aromatic rings. The Kier molecular flexibility index (Phi) is 4.64. The first-order valence-electron chi connectivity index (χ1n) is 7.63. The second kappa shape index (κ2) is 6.71. The van der Waals surface area contributed by atoms with Crippen molar-refractivity contribution in [2.45, 2.75) is 25.9 Å². The van der Waals surface area contributed by atoms with Gasteiger partial charge in [0.15, 0.2) is 0 Å². The van der Waals surface area contributed by atoms with E-state index in [0.29, 0.717) is 11.6 Å². The van der Waals surface area contributed by atoms with E-state index < -0.39 is 5.54 Å². The Balaban J connectivity index is 1.72. The van der Waals surface area contributed by atoms with Crippen LogP contribution in [-0.2, 0) is 12.1 Å². The molecule has 0 atom stereocenters. The van der Waals surface area contributed by atoms with Crippen LogP contribution < -0.4 is 5.32 Å². The van der Waals surface area contributed by atoms with E-state index in [0.717, 1.165) is 16.9 Å². The second-order valence-corrected chi connectivity index (χ2v) is 6.47. The SMILES string of the molecule is CC(C)(NCc1cnn(-c2ccccc2)n1)c1ccc(F)cc1Cl. The minimum atomic E-state index is -0.429. The number of para-hydroxylation sites is 1. The van der Waals surface area contributed by atoms with Crippen molar-refractivity contribution in [1.82, 2.24) is 20.3 Å². The highest BCUT2D eigenvalue weighted by atomic mass is 35.5. The van der Waals surface area contributed by atoms with Crippen LogP contribution in [0.3, 0.4) is 0 Å². The van der Waals surface area contributed by atoms with E-state index in [1.807, 2.05) is 44.2 Å². The molecule has 4 nitrogen and oxygen atoms in total. The summed E-state index contributed by atoms with van der Waals surface area (Å²) in [5.74, 6) is -0.342. The first-order valence-corrected chi connectivity index (χ1v) is 8.01. The number of nitrogens with one attached hydrogen (secondary N) is 1. The van der Waals surface area contributed by atoms with Gasteiger partial charge in [-0.05, 0) is 43.7 Å². The third-order valence-corrected chi connectivity index (χ3v) is 4.16. The van der Waals surface area contributed by atoms with Crippen molar-refractivity contribution in [2.24, 2.45) is 0 Å². The van der Waals surface area contributed by atoms with Gasteiger partial charge in [0, 0.05) is 17.1 Å². The fraction of sp³-hybridized carbons (Fsp3) is 0.222. The third kappa shape index (κ3) is 3.63. The molecule has 1 heterocycles. The van der Waals surface area contributed by atoms with Crippen LogP contribution >= 0.6 is 11.6 Å². The molecule has 0 aliphatic rings. The molecule has 1 aromatic heterocycles. The molecule has 1 N–H and O–H groups in total. The molecular weight excluding hydrogens is 327 g/mol. The van der Waals surface area contributed by atoms with Gasteiger partial charge in [-0.15, -0.1) is 0 Å². The van der Waals surface area contributed by atoms with E-state index in [1.165, 1.54) is 12.1 Å². The third-order valence-electron chi connectivity index (χ3n) is 3.84. The summed E-state index contributed by atoms with van der Waals surface area (Å²) in [4.78, 5) is 1.59. The summed E-state index contributed by atoms with van der Waals surface area (Å²) in [6, 6.07) is 14.2. The van der Waals surface area contributed by atoms with Crippen LogP contribution in [0.4, 0.5) is 4.39 Å². The first kappa shape index (κ1) is 16.6. The predicted molar refractivity (Wildman–Crippen MR) is 92.6 cm³/mol. The van der Waals surface area contributed by atoms with Crippen molar-refractivity contribution in [1.29, 1.82) is 0 Å². The molecule has 0 bridgehead atoms. The summed E-state index contributed by atoms with van der Waals surface area (Å²) in [6.45, 7) is 4.51. The van der Waals surface area contributed by atoms with Gasteiger partial charge in [0.05, 0.1) is 17.6 Å². The van der Waals surface area contributed by atoms with E-state index in [2.05, 4.69) is 15.5 Å². The Morgan fingerprint density at radius 1 is 1.17 bits per heavy atom. The quantitative estimate of drug-likeness (QED) is 0.758. The predicted octanol–water partition coefficient (Wildman–Crippen LogP) is 4.08. The number of rotatable bonds is 5. The summed E-state index contributed by atoms with van der Waals surface area (Å²) >= 11 is 6.17. The average molecular weight is 345 g/mol. The molecule has 6 heteroatoms. The number of aromatic nitrogens is 3. The van der Waals surface area contributed by atoms with Gasteiger partial charge < -0.3 is 5.32 Å². The highest BCUT2D eigenvalue weighted by Gasteiger charge is 2.23. The van der Waals surface area contributed by atoms with E-state index in [9.17, 15) is 4.39 Å². The van der Waals surface area contributed by atoms with Crippen LogP contribution in [0.15, 0.2) is 54.7 Å². The van der Waals surface area contributed by atoms with Gasteiger partial charge in [0.25, 0.3) is 0 Å². The van der Waals surface area contributed by atoms with Gasteiger partial charge in [0.2, 0.25) is 0 Å². The monoisotopic (exact) mass is 344 g/mol. The number of hydrogen-bond acceptors (Lipinski definition) is 3. The summed E-state index contributed by atoms with van der Waals surface area (Å²) in [5, 5.41) is 12.5. The van der Waals surface area contributed by atoms with Crippen LogP contribution in [0.1, 0.15) is 25.1 Å². The maximum Gasteiger partial charge on any atom is 0.124 e. The largest absolute Gasteiger partial charge is 0.302 e. The van der Waals surface area contributed by atoms with Crippen LogP contribution in [0.5, 0.6) is 0 Å². The lowest BCUT2D eigenvalue weighted by Gasteiger charge is -2.27. The summed E-state index contributed by atoms with van der Waals surface area (Å²) in [5.41, 5.74) is 2.12. The highest BCUT2D eigenvalue weighted by molar-refractivity contribution is 6.31. The Morgan fingerprint density at radius 2 is 1.92 bits per heavy atom. The van der Waals surface area contributed by atoms with Gasteiger partial charge in [-0.3, -0.25) is 0 Å². The number of nitrogens with zero attached hydrogens (tertiary/aromatic N) is 3. The minimum Gasteiger partial charge on any atom is -0.302 e. The zero-order valence-electron chi connectivity index (χ0n) is 13.5. The zero-order valence-corrected chi connectivity index (χ0v) is 14.3. The van der Waals surface area contributed by atoms with E-state index in [-0.39, 0.29) is 5.82 Å². The smallest absolute Gasteiger partial charge is 0.124 e.